The zero-order chi connectivity index (χ0) is 23.4. The van der Waals surface area contributed by atoms with Crippen LogP contribution in [0.25, 0.3) is 0 Å². The van der Waals surface area contributed by atoms with Gasteiger partial charge in [-0.3, -0.25) is 35.3 Å². The van der Waals surface area contributed by atoms with Gasteiger partial charge in [-0.15, -0.1) is 4.83 Å². The lowest BCUT2D eigenvalue weighted by Gasteiger charge is -2.38. The average molecular weight is 462 g/mol. The first-order valence-corrected chi connectivity index (χ1v) is 9.26. The summed E-state index contributed by atoms with van der Waals surface area (Å²) in [5, 5.41) is 21.4. The molecular weight excluding hydrogens is 448 g/mol. The Hall–Kier alpha value is -4.39. The molecule has 1 aliphatic heterocycles. The Morgan fingerprint density at radius 3 is 2.29 bits per heavy atom. The molecule has 168 valence electrons. The number of H-pyrrole nitrogens is 1. The Morgan fingerprint density at radius 1 is 1.10 bits per heavy atom. The summed E-state index contributed by atoms with van der Waals surface area (Å²) < 4.78 is 25.0. The molecule has 2 rings (SSSR count). The lowest BCUT2D eigenvalue weighted by molar-refractivity contribution is -0.144. The number of nitrogens with one attached hydrogen (secondary N) is 8. The van der Waals surface area contributed by atoms with Gasteiger partial charge >= 0.3 is 22.3 Å². The standard InChI is InChI=1S/C12H14N8O10S/c21-5-1-4(13-2-6(5)22)7(23)16-17-10(26)18-20-31(29,30)19-9(25)12(15-11(27)28)3-14-8(12)24/h1-2,15,20,22H,3H2,(H,13,21)(H,14,24)(H,16,23)(H,19,25)(H,27,28)(H2,17,18,26). The van der Waals surface area contributed by atoms with Crippen LogP contribution in [0.15, 0.2) is 17.1 Å². The number of aromatic nitrogens is 1. The van der Waals surface area contributed by atoms with Crippen molar-refractivity contribution in [1.29, 1.82) is 0 Å². The number of β-lactam (4-membered cyclic amide) rings is 1. The molecule has 0 bridgehead atoms. The third-order valence-corrected chi connectivity index (χ3v) is 4.39. The number of aromatic amines is 1. The van der Waals surface area contributed by atoms with E-state index in [-0.39, 0.29) is 5.69 Å². The van der Waals surface area contributed by atoms with E-state index in [1.165, 1.54) is 15.0 Å². The normalized spacial score (nSPS) is 17.4. The molecule has 6 amide bonds. The van der Waals surface area contributed by atoms with E-state index in [0.717, 1.165) is 12.3 Å². The highest BCUT2D eigenvalue weighted by Crippen LogP contribution is 2.13. The van der Waals surface area contributed by atoms with Crippen molar-refractivity contribution in [1.82, 2.24) is 41.4 Å². The van der Waals surface area contributed by atoms with E-state index in [4.69, 9.17) is 10.2 Å². The number of carbonyl (C=O) groups is 5. The summed E-state index contributed by atoms with van der Waals surface area (Å²) in [4.78, 5) is 72.4. The van der Waals surface area contributed by atoms with E-state index in [1.54, 1.807) is 16.2 Å². The second kappa shape index (κ2) is 8.54. The van der Waals surface area contributed by atoms with Crippen molar-refractivity contribution in [3.05, 3.63) is 28.2 Å². The number of hydrogen-bond donors (Lipinski definition) is 10. The zero-order valence-corrected chi connectivity index (χ0v) is 15.7. The number of pyridine rings is 1. The van der Waals surface area contributed by atoms with Crippen LogP contribution in [0.3, 0.4) is 0 Å². The van der Waals surface area contributed by atoms with Crippen molar-refractivity contribution < 1.29 is 42.6 Å². The van der Waals surface area contributed by atoms with Gasteiger partial charge in [0.25, 0.3) is 17.7 Å². The molecule has 0 aromatic carbocycles. The van der Waals surface area contributed by atoms with E-state index < -0.39 is 63.3 Å². The molecule has 0 spiro atoms. The van der Waals surface area contributed by atoms with Crippen molar-refractivity contribution in [2.45, 2.75) is 5.54 Å². The molecule has 31 heavy (non-hydrogen) atoms. The summed E-state index contributed by atoms with van der Waals surface area (Å²) in [7, 11) is -4.82. The van der Waals surface area contributed by atoms with Crippen molar-refractivity contribution in [3.63, 3.8) is 0 Å². The molecule has 1 fully saturated rings. The lowest BCUT2D eigenvalue weighted by Crippen LogP contribution is -2.79. The quantitative estimate of drug-likeness (QED) is 0.109. The fourth-order valence-corrected chi connectivity index (χ4v) is 2.71. The second-order valence-electron chi connectivity index (χ2n) is 5.68. The maximum Gasteiger partial charge on any atom is 0.405 e. The fraction of sp³-hybridized carbons (Fsp3) is 0.167. The maximum atomic E-state index is 12.0. The molecule has 2 heterocycles. The largest absolute Gasteiger partial charge is 0.503 e. The summed E-state index contributed by atoms with van der Waals surface area (Å²) in [5.74, 6) is -4.33. The van der Waals surface area contributed by atoms with Gasteiger partial charge in [-0.25, -0.2) is 19.7 Å². The maximum absolute atomic E-state index is 12.0. The number of rotatable bonds is 6. The third kappa shape index (κ3) is 5.36. The van der Waals surface area contributed by atoms with E-state index in [0.29, 0.717) is 0 Å². The Bertz CT molecular complexity index is 1110. The first kappa shape index (κ1) is 22.9. The lowest BCUT2D eigenvalue weighted by atomic mass is 9.90. The van der Waals surface area contributed by atoms with Gasteiger partial charge in [-0.2, -0.15) is 8.42 Å². The summed E-state index contributed by atoms with van der Waals surface area (Å²) in [6, 6.07) is -0.632. The van der Waals surface area contributed by atoms with Gasteiger partial charge in [0.2, 0.25) is 11.0 Å². The number of aromatic hydroxyl groups is 1. The number of urea groups is 1. The number of amides is 6. The van der Waals surface area contributed by atoms with Crippen LogP contribution in [0, 0.1) is 0 Å². The summed E-state index contributed by atoms with van der Waals surface area (Å²) in [5.41, 5.74) is 1.40. The second-order valence-corrected chi connectivity index (χ2v) is 7.10. The molecule has 1 aromatic rings. The highest BCUT2D eigenvalue weighted by Gasteiger charge is 2.55. The minimum absolute atomic E-state index is 0.356. The predicted molar refractivity (Wildman–Crippen MR) is 95.0 cm³/mol. The number of carboxylic acid groups (broad SMARTS) is 1. The van der Waals surface area contributed by atoms with Crippen LogP contribution < -0.4 is 41.9 Å². The van der Waals surface area contributed by atoms with Crippen LogP contribution in [0.4, 0.5) is 9.59 Å². The third-order valence-electron chi connectivity index (χ3n) is 3.56. The van der Waals surface area contributed by atoms with Crippen LogP contribution in [-0.4, -0.2) is 65.5 Å². The minimum Gasteiger partial charge on any atom is -0.503 e. The van der Waals surface area contributed by atoms with Crippen LogP contribution in [0.5, 0.6) is 5.75 Å². The van der Waals surface area contributed by atoms with Gasteiger partial charge in [0, 0.05) is 12.3 Å². The summed E-state index contributed by atoms with van der Waals surface area (Å²) in [6.07, 6.45) is -0.943. The Morgan fingerprint density at radius 2 is 1.77 bits per heavy atom. The van der Waals surface area contributed by atoms with Crippen molar-refractivity contribution >= 4 is 40.1 Å². The van der Waals surface area contributed by atoms with Crippen molar-refractivity contribution in [3.8, 4) is 5.75 Å². The summed E-state index contributed by atoms with van der Waals surface area (Å²) in [6.45, 7) is -0.515. The molecule has 1 aliphatic rings. The molecule has 0 radical (unpaired) electrons. The molecular formula is C12H14N8O10S. The van der Waals surface area contributed by atoms with Gasteiger partial charge in [0.1, 0.15) is 5.69 Å². The number of hydrogen-bond acceptors (Lipinski definition) is 9. The van der Waals surface area contributed by atoms with E-state index >= 15 is 0 Å². The van der Waals surface area contributed by atoms with E-state index in [2.05, 4.69) is 10.3 Å². The molecule has 1 unspecified atom stereocenters. The molecule has 1 atom stereocenters. The van der Waals surface area contributed by atoms with Crippen LogP contribution in [0.1, 0.15) is 10.5 Å². The smallest absolute Gasteiger partial charge is 0.405 e. The minimum atomic E-state index is -4.82. The number of hydrazine groups is 2. The molecule has 10 N–H and O–H groups in total. The average Bonchev–Trinajstić information content (AvgIpc) is 2.68. The van der Waals surface area contributed by atoms with Gasteiger partial charge in [0.15, 0.2) is 5.75 Å². The molecule has 1 aromatic heterocycles. The van der Waals surface area contributed by atoms with Gasteiger partial charge in [-0.05, 0) is 0 Å². The van der Waals surface area contributed by atoms with Gasteiger partial charge in [0.05, 0.1) is 6.54 Å². The van der Waals surface area contributed by atoms with Gasteiger partial charge in [-0.1, -0.05) is 0 Å². The molecule has 0 saturated carbocycles. The van der Waals surface area contributed by atoms with Crippen molar-refractivity contribution in [2.75, 3.05) is 6.54 Å². The zero-order valence-electron chi connectivity index (χ0n) is 14.9. The molecule has 1 saturated heterocycles. The Balaban J connectivity index is 1.87. The molecule has 19 heteroatoms. The van der Waals surface area contributed by atoms with E-state index in [9.17, 15) is 37.2 Å². The van der Waals surface area contributed by atoms with Gasteiger partial charge < -0.3 is 20.5 Å². The highest BCUT2D eigenvalue weighted by atomic mass is 32.2. The van der Waals surface area contributed by atoms with Crippen LogP contribution in [-0.2, 0) is 19.8 Å². The summed E-state index contributed by atoms with van der Waals surface area (Å²) >= 11 is 0. The predicted octanol–water partition coefficient (Wildman–Crippen LogP) is -4.97. The monoisotopic (exact) mass is 462 g/mol. The molecule has 18 nitrogen and oxygen atoms in total. The first-order valence-electron chi connectivity index (χ1n) is 7.78. The first-order chi connectivity index (χ1) is 14.4. The topological polar surface area (TPSA) is 277 Å². The highest BCUT2D eigenvalue weighted by molar-refractivity contribution is 7.88. The SMILES string of the molecule is O=C(O)NC1(C(=O)NS(=O)(=O)NNC(=O)NNC(=O)c2cc(=O)c(O)c[nH]2)CNC1=O. The van der Waals surface area contributed by atoms with Crippen LogP contribution >= 0.6 is 0 Å². The Kier molecular flexibility index (Phi) is 6.31. The van der Waals surface area contributed by atoms with Crippen molar-refractivity contribution in [2.24, 2.45) is 0 Å². The number of carbonyl (C=O) groups excluding carboxylic acids is 4. The van der Waals surface area contributed by atoms with E-state index in [1.807, 2.05) is 0 Å². The Labute approximate surface area is 170 Å². The van der Waals surface area contributed by atoms with Crippen LogP contribution in [0.2, 0.25) is 0 Å². The molecule has 0 aliphatic carbocycles. The fourth-order valence-electron chi connectivity index (χ4n) is 2.02.